The minimum Gasteiger partial charge on any atom is -0.466 e. The van der Waals surface area contributed by atoms with E-state index in [1.165, 1.54) is 7.11 Å². The van der Waals surface area contributed by atoms with Crippen molar-refractivity contribution in [1.29, 1.82) is 0 Å². The molecule has 0 bridgehead atoms. The van der Waals surface area contributed by atoms with Gasteiger partial charge in [0.25, 0.3) is 0 Å². The summed E-state index contributed by atoms with van der Waals surface area (Å²) in [4.78, 5) is 16.2. The molecule has 0 spiro atoms. The maximum Gasteiger partial charge on any atom is 0.333 e. The first-order valence-corrected chi connectivity index (χ1v) is 4.53. The van der Waals surface area contributed by atoms with Crippen molar-refractivity contribution >= 4 is 5.97 Å². The van der Waals surface area contributed by atoms with E-state index in [1.54, 1.807) is 13.0 Å². The molecule has 0 atom stereocenters. The van der Waals surface area contributed by atoms with Crippen LogP contribution >= 0.6 is 0 Å². The van der Waals surface area contributed by atoms with Crippen LogP contribution in [0, 0.1) is 0 Å². The van der Waals surface area contributed by atoms with Gasteiger partial charge >= 0.3 is 5.97 Å². The number of hydrogen-bond donors (Lipinski definition) is 1. The van der Waals surface area contributed by atoms with Gasteiger partial charge in [-0.1, -0.05) is 6.08 Å². The van der Waals surface area contributed by atoms with E-state index in [9.17, 15) is 4.79 Å². The molecular weight excluding hydrogens is 182 g/mol. The summed E-state index contributed by atoms with van der Waals surface area (Å²) in [7, 11) is 1.36. The lowest BCUT2D eigenvalue weighted by Gasteiger charge is -2.18. The number of rotatable bonds is 4. The lowest BCUT2D eigenvalue weighted by Crippen LogP contribution is -2.29. The fourth-order valence-corrected chi connectivity index (χ4v) is 0.697. The van der Waals surface area contributed by atoms with Crippen LogP contribution in [0.4, 0.5) is 0 Å². The number of carbonyl (C=O) groups is 1. The largest absolute Gasteiger partial charge is 0.466 e. The molecule has 0 unspecified atom stereocenters. The molecule has 0 aliphatic heterocycles. The molecule has 0 aliphatic rings. The summed E-state index contributed by atoms with van der Waals surface area (Å²) in [6.45, 7) is 8.01. The zero-order valence-corrected chi connectivity index (χ0v) is 9.51. The summed E-state index contributed by atoms with van der Waals surface area (Å²) in [5.41, 5.74) is 3.09. The van der Waals surface area contributed by atoms with Crippen molar-refractivity contribution in [2.75, 3.05) is 13.7 Å². The first-order chi connectivity index (χ1) is 6.37. The number of ether oxygens (including phenoxy) is 1. The van der Waals surface area contributed by atoms with E-state index in [-0.39, 0.29) is 11.6 Å². The van der Waals surface area contributed by atoms with Gasteiger partial charge in [-0.2, -0.15) is 5.48 Å². The Morgan fingerprint density at radius 1 is 1.43 bits per heavy atom. The third-order valence-electron chi connectivity index (χ3n) is 1.38. The van der Waals surface area contributed by atoms with Gasteiger partial charge in [0.15, 0.2) is 0 Å². The average molecular weight is 201 g/mol. The Hall–Kier alpha value is -0.870. The van der Waals surface area contributed by atoms with Crippen LogP contribution < -0.4 is 5.48 Å². The molecular formula is C10H19NO3. The number of hydrogen-bond acceptors (Lipinski definition) is 4. The number of hydroxylamine groups is 1. The van der Waals surface area contributed by atoms with E-state index in [0.29, 0.717) is 12.1 Å². The van der Waals surface area contributed by atoms with Gasteiger partial charge in [-0.05, 0) is 27.7 Å². The summed E-state index contributed by atoms with van der Waals surface area (Å²) in [6, 6.07) is 0. The van der Waals surface area contributed by atoms with Crippen LogP contribution in [0.2, 0.25) is 0 Å². The molecule has 14 heavy (non-hydrogen) atoms. The van der Waals surface area contributed by atoms with Gasteiger partial charge in [0.2, 0.25) is 0 Å². The zero-order valence-electron chi connectivity index (χ0n) is 9.51. The molecule has 4 nitrogen and oxygen atoms in total. The standard InChI is InChI=1S/C10H19NO3/c1-8(9(12)13-5)6-7-11-14-10(2,3)4/h6,11H,7H2,1-5H3. The Morgan fingerprint density at radius 3 is 2.43 bits per heavy atom. The quantitative estimate of drug-likeness (QED) is 0.323. The molecule has 1 N–H and O–H groups in total. The molecule has 0 fully saturated rings. The van der Waals surface area contributed by atoms with Crippen molar-refractivity contribution in [2.45, 2.75) is 33.3 Å². The number of esters is 1. The van der Waals surface area contributed by atoms with Gasteiger partial charge in [-0.3, -0.25) is 4.84 Å². The molecule has 0 aromatic carbocycles. The van der Waals surface area contributed by atoms with Gasteiger partial charge in [0.1, 0.15) is 0 Å². The predicted octanol–water partition coefficient (Wildman–Crippen LogP) is 1.43. The molecule has 0 aliphatic carbocycles. The molecule has 0 radical (unpaired) electrons. The van der Waals surface area contributed by atoms with Crippen molar-refractivity contribution in [3.05, 3.63) is 11.6 Å². The average Bonchev–Trinajstić information content (AvgIpc) is 2.09. The Labute approximate surface area is 85.2 Å². The topological polar surface area (TPSA) is 47.6 Å². The second-order valence-electron chi connectivity index (χ2n) is 3.94. The number of methoxy groups -OCH3 is 1. The van der Waals surface area contributed by atoms with E-state index in [1.807, 2.05) is 20.8 Å². The van der Waals surface area contributed by atoms with Crippen molar-refractivity contribution in [3.8, 4) is 0 Å². The Morgan fingerprint density at radius 2 is 2.00 bits per heavy atom. The van der Waals surface area contributed by atoms with Crippen LogP contribution in [0.5, 0.6) is 0 Å². The molecule has 0 aromatic rings. The third-order valence-corrected chi connectivity index (χ3v) is 1.38. The van der Waals surface area contributed by atoms with Crippen LogP contribution in [0.15, 0.2) is 11.6 Å². The highest BCUT2D eigenvalue weighted by Gasteiger charge is 2.09. The molecule has 82 valence electrons. The van der Waals surface area contributed by atoms with Crippen LogP contribution in [0.25, 0.3) is 0 Å². The summed E-state index contributed by atoms with van der Waals surface area (Å²) in [5.74, 6) is -0.317. The Balaban J connectivity index is 3.77. The van der Waals surface area contributed by atoms with Gasteiger partial charge in [-0.25, -0.2) is 4.79 Å². The van der Waals surface area contributed by atoms with Crippen LogP contribution in [-0.4, -0.2) is 25.2 Å². The van der Waals surface area contributed by atoms with E-state index >= 15 is 0 Å². The van der Waals surface area contributed by atoms with Gasteiger partial charge < -0.3 is 4.74 Å². The lowest BCUT2D eigenvalue weighted by molar-refractivity contribution is -0.136. The maximum atomic E-state index is 10.9. The van der Waals surface area contributed by atoms with Crippen LogP contribution in [0.3, 0.4) is 0 Å². The van der Waals surface area contributed by atoms with Crippen molar-refractivity contribution in [1.82, 2.24) is 5.48 Å². The smallest absolute Gasteiger partial charge is 0.333 e. The zero-order chi connectivity index (χ0) is 11.2. The van der Waals surface area contributed by atoms with E-state index in [4.69, 9.17) is 4.84 Å². The summed E-state index contributed by atoms with van der Waals surface area (Å²) in [6.07, 6.45) is 1.72. The van der Waals surface area contributed by atoms with Crippen LogP contribution in [0.1, 0.15) is 27.7 Å². The van der Waals surface area contributed by atoms with Gasteiger partial charge in [-0.15, -0.1) is 0 Å². The fraction of sp³-hybridized carbons (Fsp3) is 0.700. The molecule has 0 heterocycles. The van der Waals surface area contributed by atoms with Gasteiger partial charge in [0.05, 0.1) is 12.7 Å². The SMILES string of the molecule is COC(=O)C(C)=CCNOC(C)(C)C. The molecule has 4 heteroatoms. The highest BCUT2D eigenvalue weighted by Crippen LogP contribution is 2.03. The normalized spacial score (nSPS) is 12.8. The second kappa shape index (κ2) is 5.78. The van der Waals surface area contributed by atoms with Crippen molar-refractivity contribution in [3.63, 3.8) is 0 Å². The molecule has 0 aromatic heterocycles. The highest BCUT2D eigenvalue weighted by molar-refractivity contribution is 5.87. The first-order valence-electron chi connectivity index (χ1n) is 4.53. The Bertz CT molecular complexity index is 216. The molecule has 0 rings (SSSR count). The van der Waals surface area contributed by atoms with E-state index in [2.05, 4.69) is 10.2 Å². The first kappa shape index (κ1) is 13.1. The van der Waals surface area contributed by atoms with E-state index < -0.39 is 0 Å². The summed E-state index contributed by atoms with van der Waals surface area (Å²) >= 11 is 0. The minimum absolute atomic E-state index is 0.229. The summed E-state index contributed by atoms with van der Waals surface area (Å²) < 4.78 is 4.53. The van der Waals surface area contributed by atoms with Gasteiger partial charge in [0, 0.05) is 12.1 Å². The van der Waals surface area contributed by atoms with Crippen LogP contribution in [-0.2, 0) is 14.4 Å². The minimum atomic E-state index is -0.317. The number of carbonyl (C=O) groups excluding carboxylic acids is 1. The maximum absolute atomic E-state index is 10.9. The highest BCUT2D eigenvalue weighted by atomic mass is 16.7. The third kappa shape index (κ3) is 6.62. The summed E-state index contributed by atoms with van der Waals surface area (Å²) in [5, 5.41) is 0. The Kier molecular flexibility index (Phi) is 5.42. The molecule has 0 amide bonds. The predicted molar refractivity (Wildman–Crippen MR) is 54.6 cm³/mol. The number of nitrogens with one attached hydrogen (secondary N) is 1. The second-order valence-corrected chi connectivity index (χ2v) is 3.94. The molecule has 0 saturated heterocycles. The van der Waals surface area contributed by atoms with Crippen molar-refractivity contribution < 1.29 is 14.4 Å². The monoisotopic (exact) mass is 201 g/mol. The van der Waals surface area contributed by atoms with E-state index in [0.717, 1.165) is 0 Å². The lowest BCUT2D eigenvalue weighted by atomic mass is 10.2. The van der Waals surface area contributed by atoms with Crippen molar-refractivity contribution in [2.24, 2.45) is 0 Å². The fourth-order valence-electron chi connectivity index (χ4n) is 0.697. The molecule has 0 saturated carbocycles.